The van der Waals surface area contributed by atoms with Crippen molar-refractivity contribution < 1.29 is 23.5 Å². The van der Waals surface area contributed by atoms with Crippen LogP contribution < -0.4 is 11.0 Å². The molecule has 1 aliphatic heterocycles. The van der Waals surface area contributed by atoms with Gasteiger partial charge in [0.15, 0.2) is 6.23 Å². The molecule has 1 amide bonds. The van der Waals surface area contributed by atoms with E-state index in [0.29, 0.717) is 5.56 Å². The summed E-state index contributed by atoms with van der Waals surface area (Å²) in [4.78, 5) is 40.8. The molecular weight excluding hydrogens is 441 g/mol. The zero-order chi connectivity index (χ0) is 24.1. The molecule has 2 atom stereocenters. The first-order chi connectivity index (χ1) is 16.4. The van der Waals surface area contributed by atoms with Gasteiger partial charge in [-0.2, -0.15) is 4.98 Å². The summed E-state index contributed by atoms with van der Waals surface area (Å²) in [5.41, 5.74) is -2.15. The lowest BCUT2D eigenvalue weighted by atomic mass is 10.1. The lowest BCUT2D eigenvalue weighted by Gasteiger charge is -2.24. The third kappa shape index (κ3) is 4.62. The van der Waals surface area contributed by atoms with Gasteiger partial charge < -0.3 is 14.8 Å². The second-order valence-corrected chi connectivity index (χ2v) is 7.26. The molecule has 2 aromatic carbocycles. The van der Waals surface area contributed by atoms with Crippen LogP contribution in [0.5, 0.6) is 0 Å². The molecule has 2 heterocycles. The maximum absolute atomic E-state index is 14.8. The van der Waals surface area contributed by atoms with E-state index in [-0.39, 0.29) is 11.4 Å². The predicted molar refractivity (Wildman–Crippen MR) is 120 cm³/mol. The Hall–Kier alpha value is -4.55. The number of hydrogen-bond acceptors (Lipinski definition) is 6. The maximum atomic E-state index is 14.8. The molecular formula is C25H18FN3O5. The number of nitrogens with zero attached hydrogens (tertiary/aromatic N) is 2. The number of carbonyl (C=O) groups excluding carboxylic acids is 2. The van der Waals surface area contributed by atoms with Gasteiger partial charge >= 0.3 is 11.7 Å². The molecule has 3 aromatic rings. The van der Waals surface area contributed by atoms with E-state index in [4.69, 9.17) is 15.9 Å². The van der Waals surface area contributed by atoms with Gasteiger partial charge in [-0.05, 0) is 30.3 Å². The highest BCUT2D eigenvalue weighted by Gasteiger charge is 2.45. The number of nitrogens with one attached hydrogen (secondary N) is 1. The van der Waals surface area contributed by atoms with Crippen LogP contribution in [0.25, 0.3) is 0 Å². The summed E-state index contributed by atoms with van der Waals surface area (Å²) in [7, 11) is 0. The van der Waals surface area contributed by atoms with Crippen LogP contribution in [0.1, 0.15) is 26.9 Å². The predicted octanol–water partition coefficient (Wildman–Crippen LogP) is 3.11. The number of anilines is 1. The van der Waals surface area contributed by atoms with Gasteiger partial charge in [-0.1, -0.05) is 42.3 Å². The Labute approximate surface area is 193 Å². The largest absolute Gasteiger partial charge is 0.457 e. The van der Waals surface area contributed by atoms with E-state index in [1.165, 1.54) is 12.3 Å². The van der Waals surface area contributed by atoms with Crippen molar-refractivity contribution >= 4 is 17.7 Å². The summed E-state index contributed by atoms with van der Waals surface area (Å²) in [6, 6.07) is 17.9. The number of rotatable bonds is 6. The van der Waals surface area contributed by atoms with Crippen molar-refractivity contribution in [3.63, 3.8) is 0 Å². The summed E-state index contributed by atoms with van der Waals surface area (Å²) in [5.74, 6) is 0.159. The van der Waals surface area contributed by atoms with E-state index < -0.39 is 41.8 Å². The molecule has 8 nitrogen and oxygen atoms in total. The zero-order valence-electron chi connectivity index (χ0n) is 17.7. The highest BCUT2D eigenvalue weighted by atomic mass is 19.1. The number of benzene rings is 2. The van der Waals surface area contributed by atoms with E-state index in [2.05, 4.69) is 16.2 Å². The Bertz CT molecular complexity index is 1350. The third-order valence-electron chi connectivity index (χ3n) is 5.03. The quantitative estimate of drug-likeness (QED) is 0.449. The summed E-state index contributed by atoms with van der Waals surface area (Å²) >= 11 is 0. The molecule has 1 N–H and O–H groups in total. The van der Waals surface area contributed by atoms with Crippen molar-refractivity contribution in [2.45, 2.75) is 11.8 Å². The van der Waals surface area contributed by atoms with Crippen LogP contribution in [0, 0.1) is 12.3 Å². The normalized spacial score (nSPS) is 19.1. The Kier molecular flexibility index (Phi) is 6.34. The van der Waals surface area contributed by atoms with Crippen molar-refractivity contribution in [1.82, 2.24) is 9.55 Å². The van der Waals surface area contributed by atoms with Crippen LogP contribution in [-0.2, 0) is 9.47 Å². The molecule has 0 radical (unpaired) electrons. The average molecular weight is 459 g/mol. The van der Waals surface area contributed by atoms with Crippen molar-refractivity contribution in [2.24, 2.45) is 0 Å². The topological polar surface area (TPSA) is 99.5 Å². The number of carbonyl (C=O) groups is 2. The van der Waals surface area contributed by atoms with Crippen molar-refractivity contribution in [2.75, 3.05) is 11.9 Å². The Morgan fingerprint density at radius 3 is 2.38 bits per heavy atom. The third-order valence-corrected chi connectivity index (χ3v) is 5.03. The molecule has 0 saturated heterocycles. The maximum Gasteiger partial charge on any atom is 0.351 e. The van der Waals surface area contributed by atoms with Crippen LogP contribution in [0.15, 0.2) is 89.6 Å². The first-order valence-corrected chi connectivity index (χ1v) is 10.1. The lowest BCUT2D eigenvalue weighted by molar-refractivity contribution is -0.0676. The number of hydrogen-bond donors (Lipinski definition) is 1. The first kappa shape index (κ1) is 22.6. The fourth-order valence-electron chi connectivity index (χ4n) is 3.22. The molecule has 1 aliphatic rings. The van der Waals surface area contributed by atoms with Crippen molar-refractivity contribution in [1.29, 1.82) is 0 Å². The fraction of sp³-hybridized carbons (Fsp3) is 0.120. The number of ether oxygens (including phenoxy) is 2. The molecule has 0 saturated carbocycles. The molecule has 34 heavy (non-hydrogen) atoms. The SMILES string of the molecule is C#C[C@]1(COC(=O)c2ccccc2)O[C@H](n2ccc(NC(=O)c3ccccc3)nc2=O)C=C1F. The van der Waals surface area contributed by atoms with E-state index in [9.17, 15) is 18.8 Å². The highest BCUT2D eigenvalue weighted by Crippen LogP contribution is 2.36. The van der Waals surface area contributed by atoms with Gasteiger partial charge in [-0.15, -0.1) is 6.42 Å². The minimum Gasteiger partial charge on any atom is -0.457 e. The van der Waals surface area contributed by atoms with E-state index in [1.54, 1.807) is 60.7 Å². The molecule has 4 rings (SSSR count). The second kappa shape index (κ2) is 9.52. The van der Waals surface area contributed by atoms with Crippen LogP contribution in [0.3, 0.4) is 0 Å². The molecule has 0 aliphatic carbocycles. The van der Waals surface area contributed by atoms with Crippen LogP contribution in [0.4, 0.5) is 10.2 Å². The minimum atomic E-state index is -1.99. The second-order valence-electron chi connectivity index (χ2n) is 7.26. The molecule has 9 heteroatoms. The average Bonchev–Trinajstić information content (AvgIpc) is 3.19. The van der Waals surface area contributed by atoms with Crippen LogP contribution in [0.2, 0.25) is 0 Å². The molecule has 170 valence electrons. The van der Waals surface area contributed by atoms with E-state index in [1.807, 2.05) is 0 Å². The number of terminal acetylenes is 1. The Morgan fingerprint density at radius 1 is 1.12 bits per heavy atom. The fourth-order valence-corrected chi connectivity index (χ4v) is 3.22. The van der Waals surface area contributed by atoms with Crippen molar-refractivity contribution in [3.8, 4) is 12.3 Å². The number of esters is 1. The molecule has 0 fully saturated rings. The van der Waals surface area contributed by atoms with E-state index in [0.717, 1.165) is 10.6 Å². The van der Waals surface area contributed by atoms with E-state index >= 15 is 0 Å². The monoisotopic (exact) mass is 459 g/mol. The lowest BCUT2D eigenvalue weighted by Crippen LogP contribution is -2.37. The Balaban J connectivity index is 1.46. The van der Waals surface area contributed by atoms with Crippen LogP contribution in [-0.4, -0.2) is 33.6 Å². The smallest absolute Gasteiger partial charge is 0.351 e. The molecule has 0 unspecified atom stereocenters. The summed E-state index contributed by atoms with van der Waals surface area (Å²) in [6.07, 6.45) is 6.55. The summed E-state index contributed by atoms with van der Waals surface area (Å²) in [5, 5.41) is 2.52. The molecule has 1 aromatic heterocycles. The number of halogens is 1. The van der Waals surface area contributed by atoms with Crippen molar-refractivity contribution in [3.05, 3.63) is 106 Å². The Morgan fingerprint density at radius 2 is 1.76 bits per heavy atom. The van der Waals surface area contributed by atoms with Gasteiger partial charge in [-0.25, -0.2) is 14.0 Å². The van der Waals surface area contributed by atoms with Crippen LogP contribution >= 0.6 is 0 Å². The minimum absolute atomic E-state index is 0.0116. The summed E-state index contributed by atoms with van der Waals surface area (Å²) in [6.45, 7) is -0.594. The van der Waals surface area contributed by atoms with Gasteiger partial charge in [-0.3, -0.25) is 9.36 Å². The van der Waals surface area contributed by atoms with Gasteiger partial charge in [0.1, 0.15) is 18.3 Å². The molecule has 0 spiro atoms. The highest BCUT2D eigenvalue weighted by molar-refractivity contribution is 6.03. The standard InChI is InChI=1S/C25H18FN3O5/c1-2-25(16-33-23(31)18-11-7-4-8-12-18)19(26)15-21(34-25)29-14-13-20(28-24(29)32)27-22(30)17-9-5-3-6-10-17/h1,3-15,21H,16H2,(H,27,28,30,32)/t21-,25+/m0/s1. The van der Waals surface area contributed by atoms with Gasteiger partial charge in [0.2, 0.25) is 5.60 Å². The van der Waals surface area contributed by atoms with Gasteiger partial charge in [0, 0.05) is 17.8 Å². The summed E-state index contributed by atoms with van der Waals surface area (Å²) < 4.78 is 26.6. The number of amides is 1. The number of aromatic nitrogens is 2. The van der Waals surface area contributed by atoms with Gasteiger partial charge in [0.05, 0.1) is 5.56 Å². The molecule has 0 bridgehead atoms. The van der Waals surface area contributed by atoms with Gasteiger partial charge in [0.25, 0.3) is 5.91 Å². The first-order valence-electron chi connectivity index (χ1n) is 10.1. The zero-order valence-corrected chi connectivity index (χ0v) is 17.7.